The van der Waals surface area contributed by atoms with Crippen molar-refractivity contribution in [3.63, 3.8) is 0 Å². The summed E-state index contributed by atoms with van der Waals surface area (Å²) in [4.78, 5) is 35.7. The van der Waals surface area contributed by atoms with Crippen molar-refractivity contribution in [2.45, 2.75) is 11.9 Å². The molecule has 0 radical (unpaired) electrons. The van der Waals surface area contributed by atoms with Gasteiger partial charge in [-0.15, -0.1) is 0 Å². The van der Waals surface area contributed by atoms with Crippen molar-refractivity contribution in [1.82, 2.24) is 0 Å². The number of halogens is 1. The number of ether oxygens (including phenoxy) is 1. The first-order valence-electron chi connectivity index (χ1n) is 6.64. The molecular weight excluding hydrogens is 345 g/mol. The summed E-state index contributed by atoms with van der Waals surface area (Å²) in [5.41, 5.74) is -2.21. The minimum atomic E-state index is -4.82. The van der Waals surface area contributed by atoms with E-state index in [9.17, 15) is 27.2 Å². The van der Waals surface area contributed by atoms with Crippen LogP contribution in [0, 0.1) is 0 Å². The SMILES string of the molecule is O=C(OCCC(F)S(=O)(=O)O)c1ccc(N2C(=O)C=CC2=O)cc1. The highest BCUT2D eigenvalue weighted by molar-refractivity contribution is 7.86. The van der Waals surface area contributed by atoms with Gasteiger partial charge in [0, 0.05) is 18.6 Å². The van der Waals surface area contributed by atoms with Crippen LogP contribution in [0.4, 0.5) is 10.1 Å². The van der Waals surface area contributed by atoms with Gasteiger partial charge in [-0.05, 0) is 24.3 Å². The van der Waals surface area contributed by atoms with Crippen LogP contribution in [0.15, 0.2) is 36.4 Å². The monoisotopic (exact) mass is 357 g/mol. The zero-order chi connectivity index (χ0) is 17.9. The lowest BCUT2D eigenvalue weighted by atomic mass is 10.2. The molecule has 2 rings (SSSR count). The van der Waals surface area contributed by atoms with Crippen LogP contribution in [-0.4, -0.2) is 42.9 Å². The fourth-order valence-electron chi connectivity index (χ4n) is 1.88. The number of alkyl halides is 1. The molecule has 1 unspecified atom stereocenters. The number of anilines is 1. The van der Waals surface area contributed by atoms with E-state index in [4.69, 9.17) is 4.55 Å². The maximum absolute atomic E-state index is 13.0. The predicted molar refractivity (Wildman–Crippen MR) is 79.4 cm³/mol. The van der Waals surface area contributed by atoms with E-state index in [2.05, 4.69) is 4.74 Å². The normalized spacial score (nSPS) is 15.7. The first-order valence-corrected chi connectivity index (χ1v) is 8.14. The van der Waals surface area contributed by atoms with Gasteiger partial charge in [0.15, 0.2) is 0 Å². The molecule has 0 fully saturated rings. The zero-order valence-electron chi connectivity index (χ0n) is 12.1. The molecule has 128 valence electrons. The molecule has 1 atom stereocenters. The largest absolute Gasteiger partial charge is 0.462 e. The molecule has 1 N–H and O–H groups in total. The van der Waals surface area contributed by atoms with Crippen LogP contribution >= 0.6 is 0 Å². The third-order valence-corrected chi connectivity index (χ3v) is 3.95. The highest BCUT2D eigenvalue weighted by atomic mass is 32.2. The van der Waals surface area contributed by atoms with E-state index in [0.717, 1.165) is 17.1 Å². The van der Waals surface area contributed by atoms with Crippen LogP contribution in [0.5, 0.6) is 0 Å². The maximum atomic E-state index is 13.0. The van der Waals surface area contributed by atoms with E-state index >= 15 is 0 Å². The Balaban J connectivity index is 1.94. The van der Waals surface area contributed by atoms with Gasteiger partial charge in [0.2, 0.25) is 5.50 Å². The minimum Gasteiger partial charge on any atom is -0.462 e. The molecule has 1 aliphatic rings. The van der Waals surface area contributed by atoms with Gasteiger partial charge in [-0.3, -0.25) is 14.1 Å². The van der Waals surface area contributed by atoms with Crippen molar-refractivity contribution in [3.8, 4) is 0 Å². The van der Waals surface area contributed by atoms with E-state index in [1.54, 1.807) is 0 Å². The number of imide groups is 1. The number of esters is 1. The molecule has 24 heavy (non-hydrogen) atoms. The molecule has 1 aromatic rings. The first-order chi connectivity index (χ1) is 11.2. The van der Waals surface area contributed by atoms with Gasteiger partial charge in [-0.1, -0.05) is 0 Å². The number of rotatable bonds is 6. The Hall–Kier alpha value is -2.59. The van der Waals surface area contributed by atoms with Crippen molar-refractivity contribution in [3.05, 3.63) is 42.0 Å². The summed E-state index contributed by atoms with van der Waals surface area (Å²) in [7, 11) is -4.82. The van der Waals surface area contributed by atoms with Gasteiger partial charge < -0.3 is 4.74 Å². The molecule has 0 saturated carbocycles. The summed E-state index contributed by atoms with van der Waals surface area (Å²) in [6.45, 7) is -0.547. The molecule has 0 aliphatic carbocycles. The standard InChI is InChI=1S/C14H12FNO7S/c15-11(24(20,21)22)7-8-23-14(19)9-1-3-10(4-2-9)16-12(17)5-6-13(16)18/h1-6,11H,7-8H2,(H,20,21,22). The fourth-order valence-corrected chi connectivity index (χ4v) is 2.27. The second-order valence-electron chi connectivity index (χ2n) is 4.74. The molecule has 2 amide bonds. The first kappa shape index (κ1) is 17.8. The van der Waals surface area contributed by atoms with Crippen LogP contribution in [0.1, 0.15) is 16.8 Å². The van der Waals surface area contributed by atoms with Crippen LogP contribution in [0.25, 0.3) is 0 Å². The third kappa shape index (κ3) is 4.03. The summed E-state index contributed by atoms with van der Waals surface area (Å²) in [5.74, 6) is -1.86. The molecule has 0 saturated heterocycles. The molecule has 1 aromatic carbocycles. The van der Waals surface area contributed by atoms with Crippen molar-refractivity contribution < 1.29 is 36.5 Å². The van der Waals surface area contributed by atoms with Gasteiger partial charge >= 0.3 is 5.97 Å². The number of amides is 2. The van der Waals surface area contributed by atoms with Gasteiger partial charge in [0.05, 0.1) is 17.9 Å². The van der Waals surface area contributed by atoms with E-state index in [1.807, 2.05) is 0 Å². The van der Waals surface area contributed by atoms with Crippen molar-refractivity contribution >= 4 is 33.6 Å². The summed E-state index contributed by atoms with van der Waals surface area (Å²) < 4.78 is 47.0. The predicted octanol–water partition coefficient (Wildman–Crippen LogP) is 0.846. The van der Waals surface area contributed by atoms with Gasteiger partial charge in [0.25, 0.3) is 21.9 Å². The lowest BCUT2D eigenvalue weighted by molar-refractivity contribution is -0.119. The van der Waals surface area contributed by atoms with Crippen LogP contribution in [0.2, 0.25) is 0 Å². The molecule has 1 aliphatic heterocycles. The number of benzene rings is 1. The second kappa shape index (κ2) is 6.89. The van der Waals surface area contributed by atoms with Crippen LogP contribution < -0.4 is 4.90 Å². The van der Waals surface area contributed by atoms with E-state index in [-0.39, 0.29) is 11.3 Å². The molecule has 0 aromatic heterocycles. The third-order valence-electron chi connectivity index (χ3n) is 3.07. The number of hydrogen-bond donors (Lipinski definition) is 1. The van der Waals surface area contributed by atoms with Crippen molar-refractivity contribution in [2.24, 2.45) is 0 Å². The molecule has 10 heteroatoms. The molecular formula is C14H12FNO7S. The Morgan fingerprint density at radius 3 is 2.21 bits per heavy atom. The highest BCUT2D eigenvalue weighted by Crippen LogP contribution is 2.20. The zero-order valence-corrected chi connectivity index (χ0v) is 12.9. The van der Waals surface area contributed by atoms with E-state index in [0.29, 0.717) is 0 Å². The lowest BCUT2D eigenvalue weighted by Gasteiger charge is -2.14. The molecule has 0 spiro atoms. The van der Waals surface area contributed by atoms with Crippen molar-refractivity contribution in [2.75, 3.05) is 11.5 Å². The smallest absolute Gasteiger partial charge is 0.338 e. The minimum absolute atomic E-state index is 0.0630. The molecule has 1 heterocycles. The number of carbonyl (C=O) groups is 3. The average Bonchev–Trinajstić information content (AvgIpc) is 2.85. The average molecular weight is 357 g/mol. The molecule has 8 nitrogen and oxygen atoms in total. The van der Waals surface area contributed by atoms with Crippen LogP contribution in [0.3, 0.4) is 0 Å². The summed E-state index contributed by atoms with van der Waals surface area (Å²) >= 11 is 0. The topological polar surface area (TPSA) is 118 Å². The summed E-state index contributed by atoms with van der Waals surface area (Å²) in [5, 5.41) is 0. The van der Waals surface area contributed by atoms with Gasteiger partial charge in [-0.2, -0.15) is 8.42 Å². The second-order valence-corrected chi connectivity index (χ2v) is 6.28. The Kier molecular flexibility index (Phi) is 5.10. The lowest BCUT2D eigenvalue weighted by Crippen LogP contribution is -2.29. The van der Waals surface area contributed by atoms with Crippen LogP contribution in [-0.2, 0) is 24.4 Å². The number of hydrogen-bond acceptors (Lipinski definition) is 6. The fraction of sp³-hybridized carbons (Fsp3) is 0.214. The Morgan fingerprint density at radius 1 is 1.17 bits per heavy atom. The Bertz CT molecular complexity index is 783. The van der Waals surface area contributed by atoms with E-state index in [1.165, 1.54) is 24.3 Å². The quantitative estimate of drug-likeness (QED) is 0.455. The van der Waals surface area contributed by atoms with Gasteiger partial charge in [-0.25, -0.2) is 14.1 Å². The van der Waals surface area contributed by atoms with Crippen molar-refractivity contribution in [1.29, 1.82) is 0 Å². The Labute approximate surface area is 136 Å². The highest BCUT2D eigenvalue weighted by Gasteiger charge is 2.25. The van der Waals surface area contributed by atoms with E-state index < -0.39 is 46.4 Å². The Morgan fingerprint density at radius 2 is 1.71 bits per heavy atom. The number of nitrogens with zero attached hydrogens (tertiary/aromatic N) is 1. The molecule has 0 bridgehead atoms. The summed E-state index contributed by atoms with van der Waals surface area (Å²) in [6, 6.07) is 5.31. The maximum Gasteiger partial charge on any atom is 0.338 e. The number of carbonyl (C=O) groups excluding carboxylic acids is 3. The van der Waals surface area contributed by atoms with Gasteiger partial charge in [0.1, 0.15) is 0 Å². The summed E-state index contributed by atoms with van der Waals surface area (Å²) in [6.07, 6.45) is 1.53.